The van der Waals surface area contributed by atoms with Crippen LogP contribution in [-0.4, -0.2) is 27.4 Å². The Balaban J connectivity index is 1.81. The molecule has 0 amide bonds. The Labute approximate surface area is 156 Å². The number of aromatic nitrogens is 2. The van der Waals surface area contributed by atoms with E-state index in [1.807, 2.05) is 12.1 Å². The molecule has 138 valence electrons. The zero-order valence-corrected chi connectivity index (χ0v) is 14.8. The lowest BCUT2D eigenvalue weighted by atomic mass is 10.0. The Morgan fingerprint density at radius 1 is 1.19 bits per heavy atom. The first-order chi connectivity index (χ1) is 13.1. The molecule has 1 aromatic heterocycles. The van der Waals surface area contributed by atoms with Gasteiger partial charge in [-0.1, -0.05) is 24.3 Å². The molecule has 0 unspecified atom stereocenters. The number of nitrogens with zero attached hydrogens (tertiary/aromatic N) is 2. The molecule has 2 heterocycles. The summed E-state index contributed by atoms with van der Waals surface area (Å²) in [6.07, 6.45) is 3.35. The average Bonchev–Trinajstić information content (AvgIpc) is 2.85. The number of hydrogen-bond donors (Lipinski definition) is 2. The van der Waals surface area contributed by atoms with Crippen molar-refractivity contribution < 1.29 is 14.3 Å². The number of anilines is 1. The number of halogens is 1. The molecule has 1 aliphatic rings. The van der Waals surface area contributed by atoms with E-state index in [0.29, 0.717) is 17.7 Å². The van der Waals surface area contributed by atoms with Crippen molar-refractivity contribution in [1.82, 2.24) is 9.78 Å². The van der Waals surface area contributed by atoms with E-state index in [4.69, 9.17) is 5.10 Å². The first kappa shape index (κ1) is 17.3. The van der Waals surface area contributed by atoms with Gasteiger partial charge in [0.2, 0.25) is 0 Å². The number of carboxylic acids is 1. The Bertz CT molecular complexity index is 997. The highest BCUT2D eigenvalue weighted by Crippen LogP contribution is 2.30. The van der Waals surface area contributed by atoms with E-state index in [1.165, 1.54) is 6.07 Å². The third-order valence-corrected chi connectivity index (χ3v) is 4.87. The van der Waals surface area contributed by atoms with Gasteiger partial charge in [0.15, 0.2) is 0 Å². The van der Waals surface area contributed by atoms with E-state index in [-0.39, 0.29) is 11.4 Å². The number of benzene rings is 2. The van der Waals surface area contributed by atoms with Gasteiger partial charge >= 0.3 is 5.97 Å². The molecule has 5 nitrogen and oxygen atoms in total. The van der Waals surface area contributed by atoms with Crippen LogP contribution in [0, 0.1) is 5.82 Å². The molecule has 0 aliphatic carbocycles. The molecule has 27 heavy (non-hydrogen) atoms. The van der Waals surface area contributed by atoms with Crippen LogP contribution in [0.1, 0.15) is 40.0 Å². The summed E-state index contributed by atoms with van der Waals surface area (Å²) >= 11 is 0. The summed E-state index contributed by atoms with van der Waals surface area (Å²) in [5.41, 5.74) is 3.40. The van der Waals surface area contributed by atoms with Crippen molar-refractivity contribution in [3.05, 3.63) is 76.7 Å². The number of fused-ring (bicyclic) bond motifs is 1. The molecular weight excluding hydrogens is 345 g/mol. The molecular formula is C21H20FN3O2. The average molecular weight is 365 g/mol. The fourth-order valence-electron chi connectivity index (χ4n) is 3.50. The summed E-state index contributed by atoms with van der Waals surface area (Å²) in [4.78, 5) is 11.3. The highest BCUT2D eigenvalue weighted by molar-refractivity contribution is 5.88. The maximum atomic E-state index is 14.1. The van der Waals surface area contributed by atoms with Crippen molar-refractivity contribution in [2.24, 2.45) is 0 Å². The van der Waals surface area contributed by atoms with Crippen molar-refractivity contribution in [2.45, 2.75) is 25.7 Å². The second-order valence-electron chi connectivity index (χ2n) is 6.69. The van der Waals surface area contributed by atoms with Crippen LogP contribution in [0.15, 0.2) is 48.5 Å². The van der Waals surface area contributed by atoms with Crippen molar-refractivity contribution in [3.8, 4) is 5.69 Å². The van der Waals surface area contributed by atoms with Crippen LogP contribution >= 0.6 is 0 Å². The van der Waals surface area contributed by atoms with E-state index in [2.05, 4.69) is 5.32 Å². The topological polar surface area (TPSA) is 67.1 Å². The van der Waals surface area contributed by atoms with Crippen LogP contribution in [0.4, 0.5) is 10.2 Å². The number of carboxylic acid groups (broad SMARTS) is 1. The smallest absolute Gasteiger partial charge is 0.335 e. The minimum atomic E-state index is -0.977. The molecule has 0 saturated carbocycles. The Kier molecular flexibility index (Phi) is 4.62. The summed E-state index contributed by atoms with van der Waals surface area (Å²) < 4.78 is 15.9. The Morgan fingerprint density at radius 2 is 2.04 bits per heavy atom. The summed E-state index contributed by atoms with van der Waals surface area (Å²) in [6.45, 7) is 0.830. The second kappa shape index (κ2) is 7.23. The molecule has 0 bridgehead atoms. The fraction of sp³-hybridized carbons (Fsp3) is 0.238. The van der Waals surface area contributed by atoms with Crippen LogP contribution < -0.4 is 5.32 Å². The Hall–Kier alpha value is -3.15. The fourth-order valence-corrected chi connectivity index (χ4v) is 3.50. The quantitative estimate of drug-likeness (QED) is 0.732. The molecule has 0 fully saturated rings. The minimum Gasteiger partial charge on any atom is -0.478 e. The Morgan fingerprint density at radius 3 is 2.85 bits per heavy atom. The summed E-state index contributed by atoms with van der Waals surface area (Å²) in [5.74, 6) is -0.341. The van der Waals surface area contributed by atoms with Crippen LogP contribution in [0.5, 0.6) is 0 Å². The lowest BCUT2D eigenvalue weighted by Gasteiger charge is -2.09. The first-order valence-electron chi connectivity index (χ1n) is 9.05. The standard InChI is InChI=1S/C21H20FN3O2/c22-18-10-2-1-6-14(18)13-19-17-9-3-4-11-23-20(17)25(24-19)16-8-5-7-15(12-16)21(26)27/h1-2,5-8,10,12,23H,3-4,9,11,13H2,(H,26,27). The molecule has 0 radical (unpaired) electrons. The van der Waals surface area contributed by atoms with E-state index < -0.39 is 5.97 Å². The largest absolute Gasteiger partial charge is 0.478 e. The molecule has 0 saturated heterocycles. The van der Waals surface area contributed by atoms with Crippen LogP contribution in [0.3, 0.4) is 0 Å². The lowest BCUT2D eigenvalue weighted by Crippen LogP contribution is -2.08. The van der Waals surface area contributed by atoms with Crippen molar-refractivity contribution in [3.63, 3.8) is 0 Å². The van der Waals surface area contributed by atoms with Crippen molar-refractivity contribution >= 4 is 11.8 Å². The monoisotopic (exact) mass is 365 g/mol. The summed E-state index contributed by atoms with van der Waals surface area (Å²) in [7, 11) is 0. The minimum absolute atomic E-state index is 0.209. The van der Waals surface area contributed by atoms with Gasteiger partial charge in [0, 0.05) is 18.5 Å². The number of carbonyl (C=O) groups is 1. The molecule has 2 N–H and O–H groups in total. The van der Waals surface area contributed by atoms with Gasteiger partial charge in [0.25, 0.3) is 0 Å². The number of hydrogen-bond acceptors (Lipinski definition) is 3. The molecule has 0 atom stereocenters. The van der Waals surface area contributed by atoms with E-state index >= 15 is 0 Å². The van der Waals surface area contributed by atoms with Crippen LogP contribution in [0.2, 0.25) is 0 Å². The maximum absolute atomic E-state index is 14.1. The van der Waals surface area contributed by atoms with E-state index in [1.54, 1.807) is 35.0 Å². The molecule has 1 aliphatic heterocycles. The SMILES string of the molecule is O=C(O)c1cccc(-n2nc(Cc3ccccc3F)c3c2NCCCC3)c1. The van der Waals surface area contributed by atoms with Gasteiger partial charge in [-0.15, -0.1) is 0 Å². The zero-order valence-electron chi connectivity index (χ0n) is 14.8. The third-order valence-electron chi connectivity index (χ3n) is 4.87. The van der Waals surface area contributed by atoms with Gasteiger partial charge in [0.1, 0.15) is 11.6 Å². The molecule has 0 spiro atoms. The maximum Gasteiger partial charge on any atom is 0.335 e. The van der Waals surface area contributed by atoms with Gasteiger partial charge in [-0.25, -0.2) is 13.9 Å². The van der Waals surface area contributed by atoms with Gasteiger partial charge in [0.05, 0.1) is 16.9 Å². The number of aromatic carboxylic acids is 1. The molecule has 2 aromatic carbocycles. The van der Waals surface area contributed by atoms with Crippen molar-refractivity contribution in [2.75, 3.05) is 11.9 Å². The van der Waals surface area contributed by atoms with Crippen molar-refractivity contribution in [1.29, 1.82) is 0 Å². The normalized spacial score (nSPS) is 13.5. The van der Waals surface area contributed by atoms with Crippen LogP contribution in [0.25, 0.3) is 5.69 Å². The predicted octanol–water partition coefficient (Wildman–Crippen LogP) is 4.05. The zero-order chi connectivity index (χ0) is 18.8. The van der Waals surface area contributed by atoms with Crippen LogP contribution in [-0.2, 0) is 12.8 Å². The predicted molar refractivity (Wildman–Crippen MR) is 101 cm³/mol. The van der Waals surface area contributed by atoms with Gasteiger partial charge in [-0.05, 0) is 49.1 Å². The number of nitrogens with one attached hydrogen (secondary N) is 1. The van der Waals surface area contributed by atoms with Gasteiger partial charge in [-0.3, -0.25) is 0 Å². The third kappa shape index (κ3) is 3.43. The number of rotatable bonds is 4. The van der Waals surface area contributed by atoms with E-state index in [9.17, 15) is 14.3 Å². The van der Waals surface area contributed by atoms with E-state index in [0.717, 1.165) is 42.9 Å². The highest BCUT2D eigenvalue weighted by atomic mass is 19.1. The summed E-state index contributed by atoms with van der Waals surface area (Å²) in [6, 6.07) is 13.4. The first-order valence-corrected chi connectivity index (χ1v) is 9.05. The highest BCUT2D eigenvalue weighted by Gasteiger charge is 2.21. The lowest BCUT2D eigenvalue weighted by molar-refractivity contribution is 0.0697. The molecule has 6 heteroatoms. The molecule has 3 aromatic rings. The molecule has 4 rings (SSSR count). The second-order valence-corrected chi connectivity index (χ2v) is 6.69. The van der Waals surface area contributed by atoms with Gasteiger partial charge < -0.3 is 10.4 Å². The summed E-state index contributed by atoms with van der Waals surface area (Å²) in [5, 5.41) is 17.4. The van der Waals surface area contributed by atoms with Gasteiger partial charge in [-0.2, -0.15) is 5.10 Å².